The Kier molecular flexibility index (Phi) is 6.74. The summed E-state index contributed by atoms with van der Waals surface area (Å²) in [5.41, 5.74) is -2.16. The van der Waals surface area contributed by atoms with E-state index in [9.17, 15) is 27.6 Å². The third kappa shape index (κ3) is 8.09. The molecule has 11 heteroatoms. The van der Waals surface area contributed by atoms with Crippen LogP contribution < -0.4 is 5.32 Å². The molecular formula is C13H19F3N2O5S. The van der Waals surface area contributed by atoms with Gasteiger partial charge in [0.15, 0.2) is 5.11 Å². The molecule has 0 aromatic heterocycles. The maximum atomic E-state index is 12.7. The maximum absolute atomic E-state index is 12.7. The Labute approximate surface area is 142 Å². The van der Waals surface area contributed by atoms with Gasteiger partial charge in [-0.05, 0) is 53.8 Å². The molecule has 7 nitrogen and oxygen atoms in total. The molecule has 0 rings (SSSR count). The molecule has 1 N–H and O–H groups in total. The second kappa shape index (κ2) is 7.32. The van der Waals surface area contributed by atoms with Crippen molar-refractivity contribution in [2.24, 2.45) is 0 Å². The van der Waals surface area contributed by atoms with Crippen molar-refractivity contribution in [1.82, 2.24) is 10.2 Å². The highest BCUT2D eigenvalue weighted by molar-refractivity contribution is 7.80. The van der Waals surface area contributed by atoms with E-state index in [4.69, 9.17) is 9.47 Å². The third-order valence-electron chi connectivity index (χ3n) is 1.83. The average Bonchev–Trinajstić information content (AvgIpc) is 2.21. The average molecular weight is 372 g/mol. The summed E-state index contributed by atoms with van der Waals surface area (Å²) in [5.74, 6) is -2.60. The summed E-state index contributed by atoms with van der Waals surface area (Å²) in [6.07, 6.45) is -8.31. The predicted molar refractivity (Wildman–Crippen MR) is 81.1 cm³/mol. The zero-order valence-electron chi connectivity index (χ0n) is 14.0. The van der Waals surface area contributed by atoms with Gasteiger partial charge in [0, 0.05) is 0 Å². The van der Waals surface area contributed by atoms with Crippen LogP contribution in [0.1, 0.15) is 41.5 Å². The van der Waals surface area contributed by atoms with Crippen molar-refractivity contribution in [1.29, 1.82) is 0 Å². The van der Waals surface area contributed by atoms with E-state index in [-0.39, 0.29) is 0 Å². The van der Waals surface area contributed by atoms with Gasteiger partial charge in [0.1, 0.15) is 11.2 Å². The molecule has 0 bridgehead atoms. The normalized spacial score (nSPS) is 12.2. The molecule has 0 unspecified atom stereocenters. The van der Waals surface area contributed by atoms with Crippen molar-refractivity contribution >= 4 is 35.4 Å². The number of amides is 3. The largest absolute Gasteiger partial charge is 0.472 e. The zero-order valence-corrected chi connectivity index (χ0v) is 14.8. The highest BCUT2D eigenvalue weighted by Gasteiger charge is 2.48. The molecule has 0 aromatic rings. The summed E-state index contributed by atoms with van der Waals surface area (Å²) >= 11 is 4.54. The Hall–Kier alpha value is -1.91. The maximum Gasteiger partial charge on any atom is 0.472 e. The van der Waals surface area contributed by atoms with E-state index in [1.54, 1.807) is 5.32 Å². The fourth-order valence-electron chi connectivity index (χ4n) is 1.14. The fourth-order valence-corrected chi connectivity index (χ4v) is 1.38. The third-order valence-corrected chi connectivity index (χ3v) is 2.12. The van der Waals surface area contributed by atoms with Gasteiger partial charge in [-0.1, -0.05) is 0 Å². The lowest BCUT2D eigenvalue weighted by atomic mass is 10.2. The van der Waals surface area contributed by atoms with Gasteiger partial charge < -0.3 is 9.47 Å². The van der Waals surface area contributed by atoms with Gasteiger partial charge >= 0.3 is 24.3 Å². The minimum atomic E-state index is -5.41. The molecule has 0 heterocycles. The summed E-state index contributed by atoms with van der Waals surface area (Å²) in [6, 6.07) is 0. The molecule has 0 aliphatic heterocycles. The minimum Gasteiger partial charge on any atom is -0.444 e. The van der Waals surface area contributed by atoms with Crippen LogP contribution in [0.2, 0.25) is 0 Å². The number of nitrogens with zero attached hydrogens (tertiary/aromatic N) is 1. The van der Waals surface area contributed by atoms with Crippen LogP contribution in [0, 0.1) is 0 Å². The molecule has 0 aliphatic carbocycles. The summed E-state index contributed by atoms with van der Waals surface area (Å²) in [7, 11) is 0. The first kappa shape index (κ1) is 22.1. The summed E-state index contributed by atoms with van der Waals surface area (Å²) in [4.78, 5) is 34.4. The molecule has 3 amide bonds. The Morgan fingerprint density at radius 3 is 1.67 bits per heavy atom. The van der Waals surface area contributed by atoms with Crippen LogP contribution in [-0.4, -0.2) is 45.5 Å². The molecule has 0 radical (unpaired) electrons. The van der Waals surface area contributed by atoms with Crippen LogP contribution >= 0.6 is 12.2 Å². The number of hydrogen-bond acceptors (Lipinski definition) is 6. The van der Waals surface area contributed by atoms with Crippen molar-refractivity contribution in [3.8, 4) is 0 Å². The van der Waals surface area contributed by atoms with Crippen molar-refractivity contribution in [2.75, 3.05) is 0 Å². The lowest BCUT2D eigenvalue weighted by molar-refractivity contribution is -0.180. The number of alkyl halides is 3. The fraction of sp³-hybridized carbons (Fsp3) is 0.692. The monoisotopic (exact) mass is 372 g/mol. The topological polar surface area (TPSA) is 84.9 Å². The SMILES string of the molecule is CC(C)(C)OC(=O)NC(=S)N(C(=O)OC(C)(C)C)C(=O)C(F)(F)F. The number of halogens is 3. The van der Waals surface area contributed by atoms with Crippen LogP contribution in [0.3, 0.4) is 0 Å². The first-order valence-corrected chi connectivity index (χ1v) is 7.03. The van der Waals surface area contributed by atoms with Crippen molar-refractivity contribution < 1.29 is 37.0 Å². The number of thiocarbonyl (C=S) groups is 1. The highest BCUT2D eigenvalue weighted by Crippen LogP contribution is 2.21. The van der Waals surface area contributed by atoms with Gasteiger partial charge in [-0.2, -0.15) is 18.1 Å². The zero-order chi connectivity index (χ0) is 19.5. The molecule has 0 spiro atoms. The molecule has 0 saturated carbocycles. The quantitative estimate of drug-likeness (QED) is 0.658. The van der Waals surface area contributed by atoms with Crippen LogP contribution in [0.15, 0.2) is 0 Å². The van der Waals surface area contributed by atoms with Gasteiger partial charge in [-0.15, -0.1) is 0 Å². The molecule has 0 fully saturated rings. The van der Waals surface area contributed by atoms with Gasteiger partial charge in [0.25, 0.3) is 0 Å². The molecule has 24 heavy (non-hydrogen) atoms. The Bertz CT molecular complexity index is 535. The van der Waals surface area contributed by atoms with Gasteiger partial charge in [-0.25, -0.2) is 9.59 Å². The van der Waals surface area contributed by atoms with Crippen molar-refractivity contribution in [3.63, 3.8) is 0 Å². The number of alkyl carbamates (subject to hydrolysis) is 1. The summed E-state index contributed by atoms with van der Waals surface area (Å²) < 4.78 is 47.5. The Balaban J connectivity index is 5.40. The first-order valence-electron chi connectivity index (χ1n) is 6.62. The van der Waals surface area contributed by atoms with E-state index < -0.39 is 45.5 Å². The van der Waals surface area contributed by atoms with Crippen LogP contribution in [0.4, 0.5) is 22.8 Å². The highest BCUT2D eigenvalue weighted by atomic mass is 32.1. The lowest BCUT2D eigenvalue weighted by Gasteiger charge is -2.27. The van der Waals surface area contributed by atoms with E-state index in [1.807, 2.05) is 0 Å². The molecule has 0 saturated heterocycles. The molecule has 138 valence electrons. The number of imide groups is 1. The molecule has 0 aliphatic rings. The summed E-state index contributed by atoms with van der Waals surface area (Å²) in [5, 5.41) is 0.620. The predicted octanol–water partition coefficient (Wildman–Crippen LogP) is 3.12. The van der Waals surface area contributed by atoms with Crippen LogP contribution in [0.25, 0.3) is 0 Å². The first-order chi connectivity index (χ1) is 10.4. The van der Waals surface area contributed by atoms with Gasteiger partial charge in [0.05, 0.1) is 0 Å². The number of nitrogens with one attached hydrogen (secondary N) is 1. The lowest BCUT2D eigenvalue weighted by Crippen LogP contribution is -2.54. The van der Waals surface area contributed by atoms with E-state index >= 15 is 0 Å². The number of carbonyl (C=O) groups excluding carboxylic acids is 3. The smallest absolute Gasteiger partial charge is 0.444 e. The van der Waals surface area contributed by atoms with Crippen molar-refractivity contribution in [3.05, 3.63) is 0 Å². The van der Waals surface area contributed by atoms with Crippen LogP contribution in [-0.2, 0) is 14.3 Å². The Morgan fingerprint density at radius 2 is 1.33 bits per heavy atom. The van der Waals surface area contributed by atoms with E-state index in [0.29, 0.717) is 0 Å². The summed E-state index contributed by atoms with van der Waals surface area (Å²) in [6.45, 7) is 8.65. The second-order valence-corrected chi connectivity index (χ2v) is 6.94. The number of ether oxygens (including phenoxy) is 2. The van der Waals surface area contributed by atoms with E-state index in [0.717, 1.165) is 0 Å². The number of rotatable bonds is 0. The van der Waals surface area contributed by atoms with E-state index in [1.165, 1.54) is 41.5 Å². The van der Waals surface area contributed by atoms with E-state index in [2.05, 4.69) is 12.2 Å². The number of carbonyl (C=O) groups is 3. The minimum absolute atomic E-state index is 0.482. The standard InChI is InChI=1S/C13H19F3N2O5S/c1-11(2,3)22-9(20)17-8(24)18(7(19)13(14,15)16)10(21)23-12(4,5)6/h1-6H3,(H,17,20,24). The second-order valence-electron chi connectivity index (χ2n) is 6.55. The Morgan fingerprint density at radius 1 is 0.917 bits per heavy atom. The van der Waals surface area contributed by atoms with Gasteiger partial charge in [-0.3, -0.25) is 10.1 Å². The molecular weight excluding hydrogens is 353 g/mol. The number of hydrogen-bond donors (Lipinski definition) is 1. The molecule has 0 atom stereocenters. The molecule has 0 aromatic carbocycles. The van der Waals surface area contributed by atoms with Crippen molar-refractivity contribution in [2.45, 2.75) is 58.9 Å². The van der Waals surface area contributed by atoms with Gasteiger partial charge in [0.2, 0.25) is 0 Å². The van der Waals surface area contributed by atoms with Crippen LogP contribution in [0.5, 0.6) is 0 Å².